The summed E-state index contributed by atoms with van der Waals surface area (Å²) in [6.07, 6.45) is 4.68. The van der Waals surface area contributed by atoms with Crippen molar-refractivity contribution in [3.63, 3.8) is 0 Å². The van der Waals surface area contributed by atoms with Crippen LogP contribution in [0.4, 0.5) is 0 Å². The molecule has 0 amide bonds. The molecule has 0 radical (unpaired) electrons. The molecule has 160 valence electrons. The van der Waals surface area contributed by atoms with Gasteiger partial charge in [-0.3, -0.25) is 9.80 Å². The zero-order valence-corrected chi connectivity index (χ0v) is 18.2. The molecule has 0 N–H and O–H groups in total. The summed E-state index contributed by atoms with van der Waals surface area (Å²) in [5, 5.41) is 0. The summed E-state index contributed by atoms with van der Waals surface area (Å²) in [5.74, 6) is 0. The zero-order valence-electron chi connectivity index (χ0n) is 18.2. The number of nitrogens with zero attached hydrogens (tertiary/aromatic N) is 2. The summed E-state index contributed by atoms with van der Waals surface area (Å²) in [7, 11) is 0. The highest BCUT2D eigenvalue weighted by Gasteiger charge is 2.48. The smallest absolute Gasteiger partial charge is 0.113 e. The molecule has 3 aliphatic heterocycles. The highest BCUT2D eigenvalue weighted by Crippen LogP contribution is 2.43. The second-order valence-electron chi connectivity index (χ2n) is 8.92. The minimum Gasteiger partial charge on any atom is -0.361 e. The first kappa shape index (κ1) is 20.2. The lowest BCUT2D eigenvalue weighted by Gasteiger charge is -2.45. The molecule has 0 spiro atoms. The maximum atomic E-state index is 6.47. The maximum absolute atomic E-state index is 6.47. The Bertz CT molecular complexity index is 745. The van der Waals surface area contributed by atoms with Gasteiger partial charge in [0.2, 0.25) is 0 Å². The van der Waals surface area contributed by atoms with Gasteiger partial charge in [-0.1, -0.05) is 74.5 Å². The van der Waals surface area contributed by atoms with E-state index in [4.69, 9.17) is 9.47 Å². The average molecular weight is 407 g/mol. The molecule has 4 nitrogen and oxygen atoms in total. The van der Waals surface area contributed by atoms with Crippen LogP contribution in [0.5, 0.6) is 0 Å². The van der Waals surface area contributed by atoms with E-state index in [0.29, 0.717) is 24.2 Å². The van der Waals surface area contributed by atoms with Crippen LogP contribution in [0.15, 0.2) is 60.7 Å². The monoisotopic (exact) mass is 406 g/mol. The minimum atomic E-state index is 0.183. The molecule has 2 aromatic rings. The molecule has 2 aromatic carbocycles. The number of ether oxygens (including phenoxy) is 2. The van der Waals surface area contributed by atoms with Crippen LogP contribution >= 0.6 is 0 Å². The lowest BCUT2D eigenvalue weighted by molar-refractivity contribution is -0.0892. The van der Waals surface area contributed by atoms with Gasteiger partial charge < -0.3 is 9.47 Å². The molecule has 4 unspecified atom stereocenters. The second-order valence-corrected chi connectivity index (χ2v) is 8.92. The molecule has 0 aliphatic carbocycles. The first-order chi connectivity index (χ1) is 14.8. The van der Waals surface area contributed by atoms with Crippen molar-refractivity contribution in [3.8, 4) is 0 Å². The molecular formula is C26H34N2O2. The van der Waals surface area contributed by atoms with Crippen molar-refractivity contribution >= 4 is 0 Å². The largest absolute Gasteiger partial charge is 0.361 e. The van der Waals surface area contributed by atoms with Crippen LogP contribution in [0, 0.1) is 0 Å². The summed E-state index contributed by atoms with van der Waals surface area (Å²) < 4.78 is 12.9. The highest BCUT2D eigenvalue weighted by molar-refractivity contribution is 5.22. The maximum Gasteiger partial charge on any atom is 0.113 e. The number of fused-ring (bicyclic) bond motifs is 2. The molecule has 3 heterocycles. The fourth-order valence-corrected chi connectivity index (χ4v) is 5.86. The molecule has 3 fully saturated rings. The lowest BCUT2D eigenvalue weighted by Crippen LogP contribution is -2.52. The quantitative estimate of drug-likeness (QED) is 0.702. The Balaban J connectivity index is 1.46. The molecule has 0 saturated carbocycles. The molecule has 4 heteroatoms. The third-order valence-corrected chi connectivity index (χ3v) is 7.38. The number of hydrogen-bond donors (Lipinski definition) is 0. The van der Waals surface area contributed by atoms with Gasteiger partial charge in [0, 0.05) is 24.9 Å². The van der Waals surface area contributed by atoms with Gasteiger partial charge >= 0.3 is 0 Å². The summed E-state index contributed by atoms with van der Waals surface area (Å²) in [5.41, 5.74) is 2.75. The number of rotatable bonds is 4. The summed E-state index contributed by atoms with van der Waals surface area (Å²) in [6, 6.07) is 23.4. The highest BCUT2D eigenvalue weighted by atomic mass is 16.5. The Kier molecular flexibility index (Phi) is 5.92. The van der Waals surface area contributed by atoms with Crippen LogP contribution in [0.25, 0.3) is 0 Å². The van der Waals surface area contributed by atoms with Crippen LogP contribution in [0.2, 0.25) is 0 Å². The molecule has 3 aliphatic rings. The predicted octanol–water partition coefficient (Wildman–Crippen LogP) is 5.14. The van der Waals surface area contributed by atoms with Crippen molar-refractivity contribution in [2.24, 2.45) is 0 Å². The molecule has 5 rings (SSSR count). The predicted molar refractivity (Wildman–Crippen MR) is 119 cm³/mol. The Morgan fingerprint density at radius 3 is 1.43 bits per heavy atom. The van der Waals surface area contributed by atoms with Crippen LogP contribution in [0.1, 0.15) is 62.7 Å². The Morgan fingerprint density at radius 1 is 0.667 bits per heavy atom. The normalized spacial score (nSPS) is 34.9. The topological polar surface area (TPSA) is 24.9 Å². The first-order valence-electron chi connectivity index (χ1n) is 11.7. The Labute approximate surface area is 180 Å². The van der Waals surface area contributed by atoms with Gasteiger partial charge in [0.1, 0.15) is 12.5 Å². The zero-order chi connectivity index (χ0) is 20.5. The summed E-state index contributed by atoms with van der Waals surface area (Å²) in [4.78, 5) is 5.35. The van der Waals surface area contributed by atoms with Gasteiger partial charge in [0.05, 0.1) is 25.3 Å². The van der Waals surface area contributed by atoms with Crippen molar-refractivity contribution in [3.05, 3.63) is 71.8 Å². The summed E-state index contributed by atoms with van der Waals surface area (Å²) in [6.45, 7) is 6.20. The van der Waals surface area contributed by atoms with Gasteiger partial charge in [-0.05, 0) is 24.0 Å². The molecule has 30 heavy (non-hydrogen) atoms. The molecule has 0 aromatic heterocycles. The third-order valence-electron chi connectivity index (χ3n) is 7.38. The Morgan fingerprint density at radius 2 is 1.07 bits per heavy atom. The van der Waals surface area contributed by atoms with E-state index >= 15 is 0 Å². The van der Waals surface area contributed by atoms with Gasteiger partial charge in [-0.25, -0.2) is 0 Å². The van der Waals surface area contributed by atoms with Crippen molar-refractivity contribution in [1.82, 2.24) is 9.80 Å². The first-order valence-corrected chi connectivity index (χ1v) is 11.7. The fraction of sp³-hybridized carbons (Fsp3) is 0.538. The number of benzene rings is 2. The van der Waals surface area contributed by atoms with E-state index in [9.17, 15) is 0 Å². The van der Waals surface area contributed by atoms with Crippen molar-refractivity contribution in [1.29, 1.82) is 0 Å². The average Bonchev–Trinajstić information content (AvgIpc) is 3.39. The number of hydrogen-bond acceptors (Lipinski definition) is 4. The van der Waals surface area contributed by atoms with Crippen LogP contribution in [-0.4, -0.2) is 47.6 Å². The molecule has 6 atom stereocenters. The third kappa shape index (κ3) is 3.60. The van der Waals surface area contributed by atoms with Crippen LogP contribution < -0.4 is 0 Å². The van der Waals surface area contributed by atoms with Gasteiger partial charge in [0.25, 0.3) is 0 Å². The lowest BCUT2D eigenvalue weighted by atomic mass is 9.94. The van der Waals surface area contributed by atoms with E-state index in [1.807, 2.05) is 0 Å². The molecule has 3 saturated heterocycles. The Hall–Kier alpha value is -1.72. The van der Waals surface area contributed by atoms with E-state index in [1.165, 1.54) is 11.1 Å². The van der Waals surface area contributed by atoms with Gasteiger partial charge in [-0.2, -0.15) is 0 Å². The van der Waals surface area contributed by atoms with Gasteiger partial charge in [0.15, 0.2) is 0 Å². The molecular weight excluding hydrogens is 372 g/mol. The van der Waals surface area contributed by atoms with Crippen molar-refractivity contribution in [2.75, 3.05) is 13.2 Å². The fourth-order valence-electron chi connectivity index (χ4n) is 5.86. The van der Waals surface area contributed by atoms with E-state index < -0.39 is 0 Å². The molecule has 0 bridgehead atoms. The van der Waals surface area contributed by atoms with Crippen molar-refractivity contribution < 1.29 is 9.47 Å². The standard InChI is InChI=1S/C26H34N2O2/c1-3-21-15-25-28(24(18-29-25)20-13-9-6-10-14-20)22(4-2)16-26-27(21)23(17-30-26)19-11-7-5-8-12-19/h5-14,21-26H,3-4,15-18H2,1-2H3/t21?,22?,23-,24-,25?,26?/m0/s1. The van der Waals surface area contributed by atoms with E-state index in [-0.39, 0.29) is 12.5 Å². The minimum absolute atomic E-state index is 0.183. The van der Waals surface area contributed by atoms with Gasteiger partial charge in [-0.15, -0.1) is 0 Å². The van der Waals surface area contributed by atoms with E-state index in [2.05, 4.69) is 84.3 Å². The van der Waals surface area contributed by atoms with E-state index in [0.717, 1.165) is 38.9 Å². The van der Waals surface area contributed by atoms with Crippen LogP contribution in [0.3, 0.4) is 0 Å². The van der Waals surface area contributed by atoms with E-state index in [1.54, 1.807) is 0 Å². The SMILES string of the molecule is CCC1CC2OC[C@@H](c3ccccc3)N2C(CC)CC2OC[C@@H](c3ccccc3)N12. The summed E-state index contributed by atoms with van der Waals surface area (Å²) >= 11 is 0. The van der Waals surface area contributed by atoms with Crippen molar-refractivity contribution in [2.45, 2.75) is 76.2 Å². The second kappa shape index (κ2) is 8.80. The van der Waals surface area contributed by atoms with Crippen LogP contribution in [-0.2, 0) is 9.47 Å².